The zero-order chi connectivity index (χ0) is 21.0. The quantitative estimate of drug-likeness (QED) is 0.801. The van der Waals surface area contributed by atoms with Crippen molar-refractivity contribution in [2.75, 3.05) is 21.3 Å². The van der Waals surface area contributed by atoms with Gasteiger partial charge in [-0.25, -0.2) is 9.38 Å². The Bertz CT molecular complexity index is 951. The summed E-state index contributed by atoms with van der Waals surface area (Å²) in [6.45, 7) is 0. The smallest absolute Gasteiger partial charge is 0.258 e. The first kappa shape index (κ1) is 20.1. The first-order valence-electron chi connectivity index (χ1n) is 8.70. The van der Waals surface area contributed by atoms with E-state index in [1.165, 1.54) is 39.5 Å². The summed E-state index contributed by atoms with van der Waals surface area (Å²) in [5.74, 6) is -0.522. The zero-order valence-corrected chi connectivity index (χ0v) is 16.1. The van der Waals surface area contributed by atoms with Crippen molar-refractivity contribution in [3.63, 3.8) is 0 Å². The fraction of sp³-hybridized carbons (Fsp3) is 0.250. The van der Waals surface area contributed by atoms with Crippen LogP contribution >= 0.6 is 0 Å². The molecular weight excluding hydrogens is 381 g/mol. The third-order valence-electron chi connectivity index (χ3n) is 4.34. The monoisotopic (exact) mass is 401 g/mol. The molecule has 3 rings (SSSR count). The number of carbonyl (C=O) groups excluding carboxylic acids is 2. The molecule has 0 aliphatic carbocycles. The van der Waals surface area contributed by atoms with E-state index in [0.717, 1.165) is 0 Å². The van der Waals surface area contributed by atoms with E-state index in [0.29, 0.717) is 17.2 Å². The van der Waals surface area contributed by atoms with Gasteiger partial charge >= 0.3 is 0 Å². The fourth-order valence-corrected chi connectivity index (χ4v) is 2.97. The highest BCUT2D eigenvalue weighted by Gasteiger charge is 2.26. The maximum absolute atomic E-state index is 14.1. The van der Waals surface area contributed by atoms with Crippen LogP contribution in [0, 0.1) is 5.82 Å². The van der Waals surface area contributed by atoms with Gasteiger partial charge in [-0.1, -0.05) is 18.2 Å². The maximum atomic E-state index is 14.1. The van der Waals surface area contributed by atoms with Crippen LogP contribution < -0.4 is 24.8 Å². The van der Waals surface area contributed by atoms with Crippen molar-refractivity contribution in [3.8, 4) is 17.2 Å². The van der Waals surface area contributed by atoms with E-state index in [1.807, 2.05) is 0 Å². The first-order valence-corrected chi connectivity index (χ1v) is 8.70. The number of halogens is 1. The van der Waals surface area contributed by atoms with Gasteiger partial charge in [0.05, 0.1) is 33.8 Å². The van der Waals surface area contributed by atoms with Gasteiger partial charge in [0.15, 0.2) is 11.5 Å². The van der Waals surface area contributed by atoms with Gasteiger partial charge in [-0.3, -0.25) is 20.2 Å². The third-order valence-corrected chi connectivity index (χ3v) is 4.34. The molecule has 0 fully saturated rings. The molecule has 8 nitrogen and oxygen atoms in total. The van der Waals surface area contributed by atoms with Crippen molar-refractivity contribution >= 4 is 17.8 Å². The molecular formula is C20H20FN3O5. The number of aliphatic imine (C=N–C) groups is 1. The Morgan fingerprint density at radius 3 is 2.38 bits per heavy atom. The topological polar surface area (TPSA) is 98.2 Å². The normalized spacial score (nSPS) is 15.8. The van der Waals surface area contributed by atoms with Crippen molar-refractivity contribution in [3.05, 3.63) is 53.3 Å². The number of methoxy groups -OCH3 is 3. The summed E-state index contributed by atoms with van der Waals surface area (Å²) in [4.78, 5) is 29.0. The third kappa shape index (κ3) is 4.29. The fourth-order valence-electron chi connectivity index (χ4n) is 2.97. The first-order chi connectivity index (χ1) is 14.0. The van der Waals surface area contributed by atoms with Crippen molar-refractivity contribution in [1.82, 2.24) is 10.6 Å². The summed E-state index contributed by atoms with van der Waals surface area (Å²) in [5.41, 5.74) is 0.478. The van der Waals surface area contributed by atoms with E-state index in [9.17, 15) is 14.0 Å². The van der Waals surface area contributed by atoms with Gasteiger partial charge in [-0.15, -0.1) is 0 Å². The average molecular weight is 401 g/mol. The molecule has 2 aromatic rings. The molecule has 2 N–H and O–H groups in total. The van der Waals surface area contributed by atoms with Crippen molar-refractivity contribution in [2.45, 2.75) is 12.5 Å². The molecule has 0 aromatic heterocycles. The lowest BCUT2D eigenvalue weighted by atomic mass is 10.0. The van der Waals surface area contributed by atoms with E-state index in [2.05, 4.69) is 15.6 Å². The largest absolute Gasteiger partial charge is 0.493 e. The highest BCUT2D eigenvalue weighted by Crippen LogP contribution is 2.38. The Labute approximate surface area is 166 Å². The van der Waals surface area contributed by atoms with Crippen LogP contribution in [0.5, 0.6) is 17.2 Å². The van der Waals surface area contributed by atoms with E-state index in [-0.39, 0.29) is 29.4 Å². The molecule has 9 heteroatoms. The van der Waals surface area contributed by atoms with Crippen LogP contribution in [0.3, 0.4) is 0 Å². The predicted molar refractivity (Wildman–Crippen MR) is 103 cm³/mol. The number of nitrogens with zero attached hydrogens (tertiary/aromatic N) is 1. The molecule has 1 heterocycles. The minimum absolute atomic E-state index is 0.0233. The van der Waals surface area contributed by atoms with Crippen LogP contribution in [0.1, 0.15) is 28.4 Å². The molecule has 1 aliphatic heterocycles. The minimum atomic E-state index is -0.736. The number of amides is 2. The molecule has 0 unspecified atom stereocenters. The number of carbonyl (C=O) groups is 2. The molecule has 2 aromatic carbocycles. The molecule has 0 spiro atoms. The van der Waals surface area contributed by atoms with Gasteiger partial charge in [0.1, 0.15) is 5.82 Å². The molecule has 152 valence electrons. The van der Waals surface area contributed by atoms with E-state index in [4.69, 9.17) is 14.2 Å². The zero-order valence-electron chi connectivity index (χ0n) is 16.1. The lowest BCUT2D eigenvalue weighted by Gasteiger charge is -2.22. The summed E-state index contributed by atoms with van der Waals surface area (Å²) >= 11 is 0. The minimum Gasteiger partial charge on any atom is -0.493 e. The van der Waals surface area contributed by atoms with Crippen LogP contribution in [-0.4, -0.2) is 39.1 Å². The molecule has 0 bridgehead atoms. The summed E-state index contributed by atoms with van der Waals surface area (Å²) in [6.07, 6.45) is -0.0233. The van der Waals surface area contributed by atoms with E-state index in [1.54, 1.807) is 18.2 Å². The lowest BCUT2D eigenvalue weighted by Crippen LogP contribution is -2.47. The van der Waals surface area contributed by atoms with Crippen LogP contribution in [-0.2, 0) is 4.79 Å². The van der Waals surface area contributed by atoms with Crippen LogP contribution in [0.4, 0.5) is 4.39 Å². The van der Waals surface area contributed by atoms with Gasteiger partial charge in [0.25, 0.3) is 5.91 Å². The Morgan fingerprint density at radius 2 is 1.79 bits per heavy atom. The lowest BCUT2D eigenvalue weighted by molar-refractivity contribution is -0.120. The molecule has 0 saturated carbocycles. The number of guanidine groups is 1. The van der Waals surface area contributed by atoms with Crippen molar-refractivity contribution in [1.29, 1.82) is 0 Å². The van der Waals surface area contributed by atoms with Gasteiger partial charge in [-0.05, 0) is 18.2 Å². The maximum Gasteiger partial charge on any atom is 0.258 e. The molecule has 1 aliphatic rings. The molecule has 0 radical (unpaired) electrons. The second-order valence-corrected chi connectivity index (χ2v) is 6.14. The molecule has 29 heavy (non-hydrogen) atoms. The Hall–Kier alpha value is -3.62. The highest BCUT2D eigenvalue weighted by molar-refractivity contribution is 6.11. The number of ether oxygens (including phenoxy) is 3. The molecule has 2 amide bonds. The van der Waals surface area contributed by atoms with E-state index < -0.39 is 17.8 Å². The summed E-state index contributed by atoms with van der Waals surface area (Å²) in [5, 5.41) is 5.02. The number of nitrogens with one attached hydrogen (secondary N) is 2. The van der Waals surface area contributed by atoms with Crippen LogP contribution in [0.2, 0.25) is 0 Å². The SMILES string of the molecule is COc1cc(C(=O)NC2=N[C@H](c3ccccc3F)CC(=O)N2)cc(OC)c1OC. The second-order valence-electron chi connectivity index (χ2n) is 6.14. The standard InChI is InChI=1S/C20H20FN3O5/c1-27-15-8-11(9-16(28-2)18(15)29-3)19(26)24-20-22-14(10-17(25)23-20)12-6-4-5-7-13(12)21/h4-9,14H,10H2,1-3H3,(H2,22,23,24,25,26)/t14-/m0/s1. The van der Waals surface area contributed by atoms with Crippen molar-refractivity contribution < 1.29 is 28.2 Å². The van der Waals surface area contributed by atoms with Crippen molar-refractivity contribution in [2.24, 2.45) is 4.99 Å². The molecule has 0 saturated heterocycles. The van der Waals surface area contributed by atoms with Gasteiger partial charge in [0, 0.05) is 11.1 Å². The Kier molecular flexibility index (Phi) is 5.96. The number of benzene rings is 2. The molecule has 1 atom stereocenters. The number of hydrogen-bond donors (Lipinski definition) is 2. The van der Waals surface area contributed by atoms with Gasteiger partial charge in [0.2, 0.25) is 17.6 Å². The van der Waals surface area contributed by atoms with Gasteiger partial charge < -0.3 is 14.2 Å². The summed E-state index contributed by atoms with van der Waals surface area (Å²) in [6, 6.07) is 8.27. The van der Waals surface area contributed by atoms with Crippen LogP contribution in [0.15, 0.2) is 41.4 Å². The number of rotatable bonds is 5. The Morgan fingerprint density at radius 1 is 1.14 bits per heavy atom. The van der Waals surface area contributed by atoms with E-state index >= 15 is 0 Å². The summed E-state index contributed by atoms with van der Waals surface area (Å²) in [7, 11) is 4.32. The predicted octanol–water partition coefficient (Wildman–Crippen LogP) is 2.20. The number of hydrogen-bond acceptors (Lipinski definition) is 6. The average Bonchev–Trinajstić information content (AvgIpc) is 2.72. The summed E-state index contributed by atoms with van der Waals surface area (Å²) < 4.78 is 29.8. The van der Waals surface area contributed by atoms with Gasteiger partial charge in [-0.2, -0.15) is 0 Å². The Balaban J connectivity index is 1.88. The van der Waals surface area contributed by atoms with Crippen LogP contribution in [0.25, 0.3) is 0 Å². The highest BCUT2D eigenvalue weighted by atomic mass is 19.1. The second kappa shape index (κ2) is 8.59.